The summed E-state index contributed by atoms with van der Waals surface area (Å²) in [6, 6.07) is 0. The van der Waals surface area contributed by atoms with Crippen molar-refractivity contribution in [3.63, 3.8) is 0 Å². The summed E-state index contributed by atoms with van der Waals surface area (Å²) in [5.74, 6) is -0.332. The zero-order chi connectivity index (χ0) is 13.9. The highest BCUT2D eigenvalue weighted by molar-refractivity contribution is 7.79. The number of carbonyl (C=O) groups is 1. The predicted octanol–water partition coefficient (Wildman–Crippen LogP) is -1.70. The van der Waals surface area contributed by atoms with Gasteiger partial charge in [0.25, 0.3) is 0 Å². The molecule has 0 amide bonds. The van der Waals surface area contributed by atoms with Crippen LogP contribution in [0, 0.1) is 0 Å². The molecule has 0 aliphatic rings. The fraction of sp³-hybridized carbons (Fsp3) is 0.667. The van der Waals surface area contributed by atoms with Crippen LogP contribution in [0.5, 0.6) is 0 Å². The van der Waals surface area contributed by atoms with Gasteiger partial charge in [0.2, 0.25) is 0 Å². The molecule has 0 aliphatic carbocycles. The van der Waals surface area contributed by atoms with E-state index in [1.54, 1.807) is 0 Å². The summed E-state index contributed by atoms with van der Waals surface area (Å²) in [4.78, 5) is 12.1. The summed E-state index contributed by atoms with van der Waals surface area (Å²) in [5.41, 5.74) is 0. The van der Waals surface area contributed by atoms with Crippen LogP contribution in [0.4, 0.5) is 0 Å². The summed E-state index contributed by atoms with van der Waals surface area (Å²) < 4.78 is 38.9. The maximum atomic E-state index is 10.6. The lowest BCUT2D eigenvalue weighted by Crippen LogP contribution is -3.11. The number of hydrogen-bond donors (Lipinski definition) is 1. The fourth-order valence-electron chi connectivity index (χ4n) is 0.958. The van der Waals surface area contributed by atoms with Gasteiger partial charge in [-0.2, -0.15) is 0 Å². The van der Waals surface area contributed by atoms with Gasteiger partial charge in [-0.15, -0.1) is 0 Å². The highest BCUT2D eigenvalue weighted by atomic mass is 32.3. The lowest BCUT2D eigenvalue weighted by Gasteiger charge is -2.14. The first-order chi connectivity index (χ1) is 7.74. The molecule has 0 atom stereocenters. The summed E-state index contributed by atoms with van der Waals surface area (Å²) in [5, 5.41) is 0. The first kappa shape index (κ1) is 18.4. The van der Waals surface area contributed by atoms with Gasteiger partial charge in [0, 0.05) is 16.5 Å². The highest BCUT2D eigenvalue weighted by Crippen LogP contribution is 1.75. The monoisotopic (exact) mass is 268 g/mol. The summed E-state index contributed by atoms with van der Waals surface area (Å²) >= 11 is 0. The maximum absolute atomic E-state index is 10.6. The van der Waals surface area contributed by atoms with Crippen molar-refractivity contribution in [3.05, 3.63) is 12.7 Å². The number of quaternary nitrogens is 1. The lowest BCUT2D eigenvalue weighted by atomic mass is 10.5. The van der Waals surface area contributed by atoms with Crippen LogP contribution in [0.1, 0.15) is 13.8 Å². The van der Waals surface area contributed by atoms with Crippen molar-refractivity contribution in [3.8, 4) is 0 Å². The molecule has 1 N–H and O–H groups in total. The van der Waals surface area contributed by atoms with E-state index < -0.39 is 10.4 Å². The third-order valence-electron chi connectivity index (χ3n) is 1.87. The minimum atomic E-state index is -5.17. The summed E-state index contributed by atoms with van der Waals surface area (Å²) in [6.07, 6.45) is 1.19. The van der Waals surface area contributed by atoms with Gasteiger partial charge in [-0.25, -0.2) is 4.79 Å². The van der Waals surface area contributed by atoms with Crippen LogP contribution < -0.4 is 4.90 Å². The summed E-state index contributed by atoms with van der Waals surface area (Å²) in [6.45, 7) is 11.1. The molecule has 0 fully saturated rings. The van der Waals surface area contributed by atoms with Crippen molar-refractivity contribution in [2.45, 2.75) is 13.8 Å². The van der Waals surface area contributed by atoms with Gasteiger partial charge in [-0.3, -0.25) is 8.42 Å². The predicted molar refractivity (Wildman–Crippen MR) is 58.5 cm³/mol. The first-order valence-electron chi connectivity index (χ1n) is 5.04. The van der Waals surface area contributed by atoms with Crippen LogP contribution in [-0.4, -0.2) is 49.7 Å². The molecule has 0 bridgehead atoms. The number of likely N-dealkylation sites (N-methyl/N-ethyl adjacent to an activating group) is 1. The van der Waals surface area contributed by atoms with E-state index in [0.717, 1.165) is 19.6 Å². The fourth-order valence-corrected chi connectivity index (χ4v) is 0.958. The number of hydrogen-bond acceptors (Lipinski definition) is 6. The Hall–Kier alpha value is -0.960. The Morgan fingerprint density at radius 1 is 1.35 bits per heavy atom. The summed E-state index contributed by atoms with van der Waals surface area (Å²) in [7, 11) is -5.17. The number of rotatable bonds is 6. The minimum absolute atomic E-state index is 0.332. The van der Waals surface area contributed by atoms with Crippen molar-refractivity contribution in [1.29, 1.82) is 0 Å². The number of ether oxygens (including phenoxy) is 1. The number of nitrogens with one attached hydrogen (secondary N) is 1. The molecule has 0 aliphatic heterocycles. The molecule has 0 heterocycles. The zero-order valence-electron chi connectivity index (χ0n) is 9.97. The Kier molecular flexibility index (Phi) is 11.1. The largest absolute Gasteiger partial charge is 0.759 e. The molecule has 0 radical (unpaired) electrons. The van der Waals surface area contributed by atoms with Crippen LogP contribution in [0.15, 0.2) is 12.7 Å². The van der Waals surface area contributed by atoms with E-state index in [2.05, 4.69) is 20.4 Å². The van der Waals surface area contributed by atoms with Gasteiger partial charge in [0.05, 0.1) is 13.1 Å². The van der Waals surface area contributed by atoms with E-state index in [4.69, 9.17) is 22.3 Å². The van der Waals surface area contributed by atoms with Gasteiger partial charge in [0.1, 0.15) is 13.2 Å². The topological polar surface area (TPSA) is 111 Å². The Labute approximate surface area is 102 Å². The number of esters is 1. The molecule has 7 nitrogen and oxygen atoms in total. The van der Waals surface area contributed by atoms with Gasteiger partial charge >= 0.3 is 5.97 Å². The van der Waals surface area contributed by atoms with Crippen molar-refractivity contribution < 1.29 is 32.0 Å². The van der Waals surface area contributed by atoms with Crippen molar-refractivity contribution in [2.75, 3.05) is 26.2 Å². The van der Waals surface area contributed by atoms with Crippen LogP contribution in [0.2, 0.25) is 0 Å². The highest BCUT2D eigenvalue weighted by Gasteiger charge is 2.02. The molecule has 17 heavy (non-hydrogen) atoms. The number of carbonyl (C=O) groups excluding carboxylic acids is 1. The molecule has 0 rings (SSSR count). The molecule has 8 heteroatoms. The molecule has 102 valence electrons. The molecular formula is C9H18NO6S-. The van der Waals surface area contributed by atoms with Gasteiger partial charge in [-0.05, 0) is 13.8 Å². The van der Waals surface area contributed by atoms with E-state index in [-0.39, 0.29) is 5.97 Å². The smallest absolute Gasteiger partial charge is 0.330 e. The van der Waals surface area contributed by atoms with Crippen molar-refractivity contribution in [2.24, 2.45) is 0 Å². The van der Waals surface area contributed by atoms with Crippen LogP contribution >= 0.6 is 0 Å². The average molecular weight is 268 g/mol. The van der Waals surface area contributed by atoms with Crippen LogP contribution in [-0.2, 0) is 19.9 Å². The second kappa shape index (κ2) is 10.2. The van der Waals surface area contributed by atoms with Crippen LogP contribution in [0.25, 0.3) is 0 Å². The zero-order valence-corrected chi connectivity index (χ0v) is 10.8. The molecule has 0 unspecified atom stereocenters. The van der Waals surface area contributed by atoms with Crippen LogP contribution in [0.3, 0.4) is 0 Å². The standard InChI is InChI=1S/C9H17NO2.H2O4S/c1-4-9(11)12-8-7-10(5-2)6-3;1-5(2,3)4/h4H,1,5-8H2,2-3H3;(H2,1,2,3,4)/p-1. The van der Waals surface area contributed by atoms with Gasteiger partial charge in [0.15, 0.2) is 0 Å². The molecule has 0 saturated carbocycles. The third kappa shape index (κ3) is 21.0. The molecule has 0 saturated heterocycles. The molecule has 0 aromatic heterocycles. The lowest BCUT2D eigenvalue weighted by molar-refractivity contribution is -0.896. The molecule has 0 aromatic rings. The molecule has 0 aromatic carbocycles. The van der Waals surface area contributed by atoms with E-state index in [0.29, 0.717) is 6.61 Å². The SMILES string of the molecule is C=CC(=O)OCC[NH+](CC)CC.O=S(=O)([O-])[O-]. The molecular weight excluding hydrogens is 250 g/mol. The Bertz CT molecular complexity index is 301. The first-order valence-corrected chi connectivity index (χ1v) is 6.37. The Balaban J connectivity index is 0. The van der Waals surface area contributed by atoms with Crippen molar-refractivity contribution >= 4 is 16.4 Å². The van der Waals surface area contributed by atoms with E-state index in [1.165, 1.54) is 11.0 Å². The third-order valence-corrected chi connectivity index (χ3v) is 1.87. The minimum Gasteiger partial charge on any atom is -0.759 e. The average Bonchev–Trinajstić information content (AvgIpc) is 2.21. The van der Waals surface area contributed by atoms with E-state index in [1.807, 2.05) is 0 Å². The quantitative estimate of drug-likeness (QED) is 0.266. The Morgan fingerprint density at radius 2 is 1.76 bits per heavy atom. The normalized spacial score (nSPS) is 10.4. The second-order valence-electron chi connectivity index (χ2n) is 2.99. The Morgan fingerprint density at radius 3 is 2.06 bits per heavy atom. The molecule has 0 spiro atoms. The van der Waals surface area contributed by atoms with E-state index >= 15 is 0 Å². The van der Waals surface area contributed by atoms with Gasteiger partial charge < -0.3 is 18.7 Å². The maximum Gasteiger partial charge on any atom is 0.330 e. The van der Waals surface area contributed by atoms with Crippen molar-refractivity contribution in [1.82, 2.24) is 0 Å². The van der Waals surface area contributed by atoms with E-state index in [9.17, 15) is 4.79 Å². The second-order valence-corrected chi connectivity index (χ2v) is 3.80. The van der Waals surface area contributed by atoms with Gasteiger partial charge in [-0.1, -0.05) is 6.58 Å².